The van der Waals surface area contributed by atoms with Crippen molar-refractivity contribution in [3.8, 4) is 0 Å². The van der Waals surface area contributed by atoms with Crippen LogP contribution in [0.4, 0.5) is 11.8 Å². The van der Waals surface area contributed by atoms with Crippen molar-refractivity contribution in [3.05, 3.63) is 11.4 Å². The molecule has 2 N–H and O–H groups in total. The molecule has 2 aromatic rings. The summed E-state index contributed by atoms with van der Waals surface area (Å²) in [6.45, 7) is 12.6. The number of anilines is 2. The molecule has 2 heterocycles. The summed E-state index contributed by atoms with van der Waals surface area (Å²) in [7, 11) is 0. The first-order valence-corrected chi connectivity index (χ1v) is 8.53. The normalized spacial score (nSPS) is 12.8. The Balaban J connectivity index is 2.17. The Morgan fingerprint density at radius 3 is 2.67 bits per heavy atom. The maximum Gasteiger partial charge on any atom is 0.226 e. The number of hydrogen-bond acceptors (Lipinski definition) is 6. The predicted molar refractivity (Wildman–Crippen MR) is 92.5 cm³/mol. The highest BCUT2D eigenvalue weighted by Gasteiger charge is 2.12. The maximum absolute atomic E-state index is 4.62. The Morgan fingerprint density at radius 2 is 2.00 bits per heavy atom. The third-order valence-electron chi connectivity index (χ3n) is 3.47. The van der Waals surface area contributed by atoms with Crippen LogP contribution in [0, 0.1) is 0 Å². The first-order valence-electron chi connectivity index (χ1n) is 7.65. The van der Waals surface area contributed by atoms with Crippen LogP contribution >= 0.6 is 11.3 Å². The average molecular weight is 307 g/mol. The van der Waals surface area contributed by atoms with Gasteiger partial charge in [-0.3, -0.25) is 0 Å². The molecule has 0 aliphatic heterocycles. The minimum Gasteiger partial charge on any atom is -0.366 e. The van der Waals surface area contributed by atoms with E-state index in [1.54, 1.807) is 11.3 Å². The average Bonchev–Trinajstić information content (AvgIpc) is 2.93. The Bertz CT molecular complexity index is 564. The van der Waals surface area contributed by atoms with Crippen molar-refractivity contribution in [1.29, 1.82) is 0 Å². The molecule has 0 spiro atoms. The molecule has 2 rings (SSSR count). The van der Waals surface area contributed by atoms with Gasteiger partial charge < -0.3 is 15.5 Å². The Morgan fingerprint density at radius 1 is 1.24 bits per heavy atom. The highest BCUT2D eigenvalue weighted by Crippen LogP contribution is 2.26. The lowest BCUT2D eigenvalue weighted by molar-refractivity contribution is 0.294. The molecule has 0 bridgehead atoms. The lowest BCUT2D eigenvalue weighted by Gasteiger charge is -2.24. The molecule has 116 valence electrons. The molecule has 0 saturated heterocycles. The third kappa shape index (κ3) is 4.04. The van der Waals surface area contributed by atoms with Gasteiger partial charge in [-0.15, -0.1) is 11.3 Å². The summed E-state index contributed by atoms with van der Waals surface area (Å²) in [5, 5.41) is 9.91. The zero-order chi connectivity index (χ0) is 15.2. The van der Waals surface area contributed by atoms with Crippen LogP contribution in [0.5, 0.6) is 0 Å². The van der Waals surface area contributed by atoms with Crippen LogP contribution in [0.25, 0.3) is 10.2 Å². The first-order chi connectivity index (χ1) is 10.2. The third-order valence-corrected chi connectivity index (χ3v) is 4.28. The smallest absolute Gasteiger partial charge is 0.226 e. The summed E-state index contributed by atoms with van der Waals surface area (Å²) in [4.78, 5) is 12.6. The molecule has 0 aromatic carbocycles. The van der Waals surface area contributed by atoms with Crippen molar-refractivity contribution in [2.24, 2.45) is 0 Å². The fourth-order valence-corrected chi connectivity index (χ4v) is 3.11. The number of thiophene rings is 1. The van der Waals surface area contributed by atoms with Gasteiger partial charge >= 0.3 is 0 Å². The first kappa shape index (κ1) is 16.0. The summed E-state index contributed by atoms with van der Waals surface area (Å²) in [6, 6.07) is 2.43. The lowest BCUT2D eigenvalue weighted by atomic mass is 10.2. The maximum atomic E-state index is 4.62. The molecule has 1 atom stereocenters. The zero-order valence-electron chi connectivity index (χ0n) is 13.3. The molecule has 0 fully saturated rings. The number of nitrogens with one attached hydrogen (secondary N) is 2. The lowest BCUT2D eigenvalue weighted by Crippen LogP contribution is -2.35. The number of aromatic nitrogens is 2. The second-order valence-electron chi connectivity index (χ2n) is 5.10. The predicted octanol–water partition coefficient (Wildman–Crippen LogP) is 3.27. The standard InChI is InChI=1S/C15H25N5S/c1-5-16-15-18-13(12-8-9-21-14(12)19-15)17-11(4)10-20(6-2)7-3/h8-9,11H,5-7,10H2,1-4H3,(H2,16,17,18,19). The van der Waals surface area contributed by atoms with Gasteiger partial charge in [0.2, 0.25) is 5.95 Å². The van der Waals surface area contributed by atoms with Gasteiger partial charge in [-0.2, -0.15) is 4.98 Å². The van der Waals surface area contributed by atoms with Gasteiger partial charge in [-0.25, -0.2) is 4.98 Å². The Kier molecular flexibility index (Phi) is 5.76. The van der Waals surface area contributed by atoms with Gasteiger partial charge in [-0.1, -0.05) is 13.8 Å². The summed E-state index contributed by atoms with van der Waals surface area (Å²) in [5.74, 6) is 1.63. The monoisotopic (exact) mass is 307 g/mol. The number of nitrogens with zero attached hydrogens (tertiary/aromatic N) is 3. The summed E-state index contributed by atoms with van der Waals surface area (Å²) in [6.07, 6.45) is 0. The van der Waals surface area contributed by atoms with Gasteiger partial charge in [0, 0.05) is 19.1 Å². The molecular weight excluding hydrogens is 282 g/mol. The SMILES string of the molecule is CCNc1nc(NC(C)CN(CC)CC)c2ccsc2n1. The summed E-state index contributed by atoms with van der Waals surface area (Å²) >= 11 is 1.65. The number of fused-ring (bicyclic) bond motifs is 1. The van der Waals surface area contributed by atoms with Crippen LogP contribution in [0.3, 0.4) is 0 Å². The molecule has 0 aliphatic carbocycles. The van der Waals surface area contributed by atoms with Gasteiger partial charge in [0.05, 0.1) is 5.39 Å². The fraction of sp³-hybridized carbons (Fsp3) is 0.600. The fourth-order valence-electron chi connectivity index (χ4n) is 2.35. The number of likely N-dealkylation sites (N-methyl/N-ethyl adjacent to an activating group) is 1. The van der Waals surface area contributed by atoms with Crippen LogP contribution in [-0.2, 0) is 0 Å². The quantitative estimate of drug-likeness (QED) is 0.784. The minimum atomic E-state index is 0.345. The molecule has 6 heteroatoms. The zero-order valence-corrected chi connectivity index (χ0v) is 14.1. The highest BCUT2D eigenvalue weighted by molar-refractivity contribution is 7.16. The van der Waals surface area contributed by atoms with E-state index in [1.165, 1.54) is 0 Å². The summed E-state index contributed by atoms with van der Waals surface area (Å²) < 4.78 is 0. The molecule has 2 aromatic heterocycles. The molecule has 5 nitrogen and oxygen atoms in total. The summed E-state index contributed by atoms with van der Waals surface area (Å²) in [5.41, 5.74) is 0. The van der Waals surface area contributed by atoms with Crippen molar-refractivity contribution in [2.45, 2.75) is 33.7 Å². The van der Waals surface area contributed by atoms with E-state index in [4.69, 9.17) is 0 Å². The second kappa shape index (κ2) is 7.56. The van der Waals surface area contributed by atoms with E-state index < -0.39 is 0 Å². The largest absolute Gasteiger partial charge is 0.366 e. The molecule has 0 radical (unpaired) electrons. The van der Waals surface area contributed by atoms with E-state index in [1.807, 2.05) is 0 Å². The molecule has 0 saturated carbocycles. The number of hydrogen-bond donors (Lipinski definition) is 2. The molecular formula is C15H25N5S. The van der Waals surface area contributed by atoms with Crippen LogP contribution in [-0.4, -0.2) is 47.1 Å². The molecule has 1 unspecified atom stereocenters. The van der Waals surface area contributed by atoms with Gasteiger partial charge in [-0.05, 0) is 38.4 Å². The van der Waals surface area contributed by atoms with Gasteiger partial charge in [0.15, 0.2) is 0 Å². The minimum absolute atomic E-state index is 0.345. The van der Waals surface area contributed by atoms with Crippen LogP contribution in [0.15, 0.2) is 11.4 Å². The van der Waals surface area contributed by atoms with Crippen LogP contribution < -0.4 is 10.6 Å². The van der Waals surface area contributed by atoms with Crippen molar-refractivity contribution in [3.63, 3.8) is 0 Å². The van der Waals surface area contributed by atoms with E-state index in [-0.39, 0.29) is 0 Å². The van der Waals surface area contributed by atoms with Crippen molar-refractivity contribution in [2.75, 3.05) is 36.8 Å². The van der Waals surface area contributed by atoms with Gasteiger partial charge in [0.25, 0.3) is 0 Å². The molecule has 21 heavy (non-hydrogen) atoms. The Hall–Kier alpha value is -1.40. The van der Waals surface area contributed by atoms with E-state index in [0.717, 1.165) is 42.2 Å². The van der Waals surface area contributed by atoms with E-state index in [2.05, 4.69) is 64.6 Å². The molecule has 0 amide bonds. The van der Waals surface area contributed by atoms with Crippen molar-refractivity contribution >= 4 is 33.3 Å². The van der Waals surface area contributed by atoms with Crippen molar-refractivity contribution < 1.29 is 0 Å². The number of rotatable bonds is 8. The molecule has 0 aliphatic rings. The van der Waals surface area contributed by atoms with Gasteiger partial charge in [0.1, 0.15) is 10.6 Å². The highest BCUT2D eigenvalue weighted by atomic mass is 32.1. The van der Waals surface area contributed by atoms with E-state index >= 15 is 0 Å². The second-order valence-corrected chi connectivity index (χ2v) is 5.99. The van der Waals surface area contributed by atoms with Crippen LogP contribution in [0.2, 0.25) is 0 Å². The van der Waals surface area contributed by atoms with Crippen LogP contribution in [0.1, 0.15) is 27.7 Å². The van der Waals surface area contributed by atoms with E-state index in [9.17, 15) is 0 Å². The van der Waals surface area contributed by atoms with E-state index in [0.29, 0.717) is 12.0 Å². The van der Waals surface area contributed by atoms with Crippen molar-refractivity contribution in [1.82, 2.24) is 14.9 Å². The Labute approximate surface area is 130 Å². The topological polar surface area (TPSA) is 53.1 Å².